The fourth-order valence-electron chi connectivity index (χ4n) is 2.44. The lowest BCUT2D eigenvalue weighted by atomic mass is 9.99. The molecule has 1 heterocycles. The number of ether oxygens (including phenoxy) is 1. The van der Waals surface area contributed by atoms with E-state index >= 15 is 0 Å². The van der Waals surface area contributed by atoms with E-state index in [1.165, 1.54) is 24.8 Å². The standard InChI is InChI=1S/C14H21NO/c1-16-14-9-5-6-10-15-13(14)11-12-7-3-2-4-8-12/h2-4,7-8,13-15H,5-6,9-11H2,1H3. The minimum Gasteiger partial charge on any atom is -0.380 e. The van der Waals surface area contributed by atoms with E-state index in [-0.39, 0.29) is 0 Å². The highest BCUT2D eigenvalue weighted by atomic mass is 16.5. The van der Waals surface area contributed by atoms with Gasteiger partial charge in [-0.3, -0.25) is 0 Å². The summed E-state index contributed by atoms with van der Waals surface area (Å²) in [6.07, 6.45) is 5.16. The second-order valence-electron chi connectivity index (χ2n) is 4.52. The van der Waals surface area contributed by atoms with E-state index in [2.05, 4.69) is 35.6 Å². The molecule has 1 saturated heterocycles. The normalized spacial score (nSPS) is 26.3. The van der Waals surface area contributed by atoms with Crippen molar-refractivity contribution >= 4 is 0 Å². The number of benzene rings is 1. The van der Waals surface area contributed by atoms with Crippen molar-refractivity contribution < 1.29 is 4.74 Å². The molecule has 0 aliphatic carbocycles. The van der Waals surface area contributed by atoms with Gasteiger partial charge in [0, 0.05) is 13.2 Å². The monoisotopic (exact) mass is 219 g/mol. The van der Waals surface area contributed by atoms with Crippen LogP contribution in [0.25, 0.3) is 0 Å². The molecular formula is C14H21NO. The molecule has 0 amide bonds. The number of rotatable bonds is 3. The molecule has 0 aromatic heterocycles. The molecule has 1 fully saturated rings. The molecular weight excluding hydrogens is 198 g/mol. The van der Waals surface area contributed by atoms with Gasteiger partial charge < -0.3 is 10.1 Å². The highest BCUT2D eigenvalue weighted by Crippen LogP contribution is 2.16. The number of hydrogen-bond acceptors (Lipinski definition) is 2. The molecule has 2 heteroatoms. The van der Waals surface area contributed by atoms with Crippen molar-refractivity contribution in [1.82, 2.24) is 5.32 Å². The molecule has 1 aromatic rings. The van der Waals surface area contributed by atoms with Crippen molar-refractivity contribution in [2.24, 2.45) is 0 Å². The van der Waals surface area contributed by atoms with Crippen molar-refractivity contribution in [3.05, 3.63) is 35.9 Å². The van der Waals surface area contributed by atoms with Crippen molar-refractivity contribution in [3.8, 4) is 0 Å². The van der Waals surface area contributed by atoms with E-state index in [9.17, 15) is 0 Å². The molecule has 0 spiro atoms. The molecule has 0 saturated carbocycles. The zero-order valence-electron chi connectivity index (χ0n) is 9.99. The lowest BCUT2D eigenvalue weighted by Gasteiger charge is -2.24. The van der Waals surface area contributed by atoms with Crippen LogP contribution in [0.4, 0.5) is 0 Å². The van der Waals surface area contributed by atoms with Gasteiger partial charge in [-0.25, -0.2) is 0 Å². The number of hydrogen-bond donors (Lipinski definition) is 1. The topological polar surface area (TPSA) is 21.3 Å². The van der Waals surface area contributed by atoms with Gasteiger partial charge in [0.05, 0.1) is 6.10 Å². The molecule has 16 heavy (non-hydrogen) atoms. The highest BCUT2D eigenvalue weighted by molar-refractivity contribution is 5.16. The van der Waals surface area contributed by atoms with Crippen LogP contribution in [-0.4, -0.2) is 25.8 Å². The van der Waals surface area contributed by atoms with Crippen LogP contribution >= 0.6 is 0 Å². The molecule has 88 valence electrons. The maximum Gasteiger partial charge on any atom is 0.0727 e. The molecule has 2 atom stereocenters. The highest BCUT2D eigenvalue weighted by Gasteiger charge is 2.22. The molecule has 1 aliphatic heterocycles. The van der Waals surface area contributed by atoms with Crippen LogP contribution in [0, 0.1) is 0 Å². The molecule has 0 radical (unpaired) electrons. The molecule has 1 aromatic carbocycles. The van der Waals surface area contributed by atoms with Gasteiger partial charge in [-0.2, -0.15) is 0 Å². The van der Waals surface area contributed by atoms with E-state index in [0.29, 0.717) is 12.1 Å². The third-order valence-electron chi connectivity index (χ3n) is 3.37. The Balaban J connectivity index is 2.00. The minimum atomic E-state index is 0.364. The molecule has 2 nitrogen and oxygen atoms in total. The van der Waals surface area contributed by atoms with Gasteiger partial charge in [0.15, 0.2) is 0 Å². The van der Waals surface area contributed by atoms with Crippen molar-refractivity contribution in [3.63, 3.8) is 0 Å². The maximum absolute atomic E-state index is 5.59. The van der Waals surface area contributed by atoms with E-state index in [0.717, 1.165) is 13.0 Å². The summed E-state index contributed by atoms with van der Waals surface area (Å²) in [6.45, 7) is 1.12. The van der Waals surface area contributed by atoms with Crippen molar-refractivity contribution in [2.75, 3.05) is 13.7 Å². The average molecular weight is 219 g/mol. The fraction of sp³-hybridized carbons (Fsp3) is 0.571. The summed E-state index contributed by atoms with van der Waals surface area (Å²) in [5, 5.41) is 3.61. The second-order valence-corrected chi connectivity index (χ2v) is 4.52. The Morgan fingerprint density at radius 3 is 2.81 bits per heavy atom. The first-order valence-electron chi connectivity index (χ1n) is 6.20. The predicted octanol–water partition coefficient (Wildman–Crippen LogP) is 2.39. The average Bonchev–Trinajstić information content (AvgIpc) is 2.55. The van der Waals surface area contributed by atoms with Crippen molar-refractivity contribution in [1.29, 1.82) is 0 Å². The summed E-state index contributed by atoms with van der Waals surface area (Å²) >= 11 is 0. The fourth-order valence-corrected chi connectivity index (χ4v) is 2.44. The summed E-state index contributed by atoms with van der Waals surface area (Å²) in [7, 11) is 1.83. The van der Waals surface area contributed by atoms with E-state index in [1.807, 2.05) is 7.11 Å². The van der Waals surface area contributed by atoms with Gasteiger partial charge >= 0.3 is 0 Å². The largest absolute Gasteiger partial charge is 0.380 e. The Bertz CT molecular complexity index is 299. The Labute approximate surface area is 98.0 Å². The smallest absolute Gasteiger partial charge is 0.0727 e. The molecule has 0 bridgehead atoms. The maximum atomic E-state index is 5.59. The summed E-state index contributed by atoms with van der Waals surface area (Å²) in [5.41, 5.74) is 1.39. The first-order chi connectivity index (χ1) is 7.90. The predicted molar refractivity (Wildman–Crippen MR) is 66.6 cm³/mol. The Hall–Kier alpha value is -0.860. The third kappa shape index (κ3) is 3.06. The first-order valence-corrected chi connectivity index (χ1v) is 6.20. The Morgan fingerprint density at radius 2 is 2.06 bits per heavy atom. The molecule has 2 unspecified atom stereocenters. The Morgan fingerprint density at radius 1 is 1.25 bits per heavy atom. The number of methoxy groups -OCH3 is 1. The second kappa shape index (κ2) is 6.02. The summed E-state index contributed by atoms with van der Waals surface area (Å²) < 4.78 is 5.59. The third-order valence-corrected chi connectivity index (χ3v) is 3.37. The van der Waals surface area contributed by atoms with Crippen molar-refractivity contribution in [2.45, 2.75) is 37.8 Å². The SMILES string of the molecule is COC1CCCCNC1Cc1ccccc1. The van der Waals surface area contributed by atoms with Crippen LogP contribution in [0.3, 0.4) is 0 Å². The molecule has 2 rings (SSSR count). The van der Waals surface area contributed by atoms with E-state index in [1.54, 1.807) is 0 Å². The lowest BCUT2D eigenvalue weighted by molar-refractivity contribution is 0.0671. The quantitative estimate of drug-likeness (QED) is 0.843. The zero-order chi connectivity index (χ0) is 11.2. The van der Waals surface area contributed by atoms with Gasteiger partial charge in [-0.15, -0.1) is 0 Å². The van der Waals surface area contributed by atoms with Gasteiger partial charge in [-0.1, -0.05) is 30.3 Å². The van der Waals surface area contributed by atoms with Crippen LogP contribution in [-0.2, 0) is 11.2 Å². The summed E-state index contributed by atoms with van der Waals surface area (Å²) in [5.74, 6) is 0. The van der Waals surface area contributed by atoms with E-state index in [4.69, 9.17) is 4.74 Å². The van der Waals surface area contributed by atoms with Crippen LogP contribution in [0.15, 0.2) is 30.3 Å². The summed E-state index contributed by atoms with van der Waals surface area (Å²) in [6, 6.07) is 11.1. The van der Waals surface area contributed by atoms with Gasteiger partial charge in [-0.05, 0) is 37.8 Å². The van der Waals surface area contributed by atoms with Gasteiger partial charge in [0.2, 0.25) is 0 Å². The van der Waals surface area contributed by atoms with Gasteiger partial charge in [0.25, 0.3) is 0 Å². The lowest BCUT2D eigenvalue weighted by Crippen LogP contribution is -2.41. The van der Waals surface area contributed by atoms with Crippen LogP contribution < -0.4 is 5.32 Å². The molecule has 1 aliphatic rings. The van der Waals surface area contributed by atoms with Crippen LogP contribution in [0.1, 0.15) is 24.8 Å². The minimum absolute atomic E-state index is 0.364. The van der Waals surface area contributed by atoms with Gasteiger partial charge in [0.1, 0.15) is 0 Å². The molecule has 1 N–H and O–H groups in total. The zero-order valence-corrected chi connectivity index (χ0v) is 9.99. The van der Waals surface area contributed by atoms with Crippen LogP contribution in [0.2, 0.25) is 0 Å². The first kappa shape index (κ1) is 11.6. The van der Waals surface area contributed by atoms with E-state index < -0.39 is 0 Å². The van der Waals surface area contributed by atoms with Crippen LogP contribution in [0.5, 0.6) is 0 Å². The summed E-state index contributed by atoms with van der Waals surface area (Å²) in [4.78, 5) is 0. The Kier molecular flexibility index (Phi) is 4.37. The number of nitrogens with one attached hydrogen (secondary N) is 1.